The molecule has 2 aromatic carbocycles. The smallest absolute Gasteiger partial charge is 0.290 e. The molecule has 8 heteroatoms. The molecule has 0 N–H and O–H groups in total. The van der Waals surface area contributed by atoms with Crippen molar-refractivity contribution in [3.8, 4) is 5.75 Å². The zero-order valence-corrected chi connectivity index (χ0v) is 19.5. The summed E-state index contributed by atoms with van der Waals surface area (Å²) in [5.74, 6) is 0.845. The zero-order chi connectivity index (χ0) is 24.0. The number of furan rings is 2. The molecule has 1 amide bonds. The molecular formula is C26H25NO6S. The molecule has 34 heavy (non-hydrogen) atoms. The van der Waals surface area contributed by atoms with Crippen LogP contribution in [0.3, 0.4) is 0 Å². The lowest BCUT2D eigenvalue weighted by Crippen LogP contribution is -2.29. The summed E-state index contributed by atoms with van der Waals surface area (Å²) in [6.45, 7) is 3.14. The van der Waals surface area contributed by atoms with Crippen LogP contribution in [0.15, 0.2) is 104 Å². The molecule has 2 heterocycles. The predicted octanol–water partition coefficient (Wildman–Crippen LogP) is 5.34. The third kappa shape index (κ3) is 5.40. The molecule has 176 valence electrons. The van der Waals surface area contributed by atoms with Gasteiger partial charge in [-0.25, -0.2) is 8.42 Å². The van der Waals surface area contributed by atoms with Crippen LogP contribution in [0.5, 0.6) is 5.75 Å². The van der Waals surface area contributed by atoms with Gasteiger partial charge in [-0.1, -0.05) is 37.3 Å². The van der Waals surface area contributed by atoms with Gasteiger partial charge in [-0.3, -0.25) is 4.79 Å². The van der Waals surface area contributed by atoms with Gasteiger partial charge < -0.3 is 18.5 Å². The van der Waals surface area contributed by atoms with E-state index in [0.29, 0.717) is 12.4 Å². The maximum atomic E-state index is 13.3. The average Bonchev–Trinajstić information content (AvgIpc) is 3.56. The third-order valence-electron chi connectivity index (χ3n) is 5.09. The van der Waals surface area contributed by atoms with Crippen molar-refractivity contribution in [2.45, 2.75) is 36.4 Å². The Morgan fingerprint density at radius 1 is 0.912 bits per heavy atom. The summed E-state index contributed by atoms with van der Waals surface area (Å²) < 4.78 is 42.3. The Bertz CT molecular complexity index is 1310. The lowest BCUT2D eigenvalue weighted by Gasteiger charge is -2.21. The quantitative estimate of drug-likeness (QED) is 0.305. The Hall–Kier alpha value is -3.78. The van der Waals surface area contributed by atoms with Crippen LogP contribution in [0, 0.1) is 0 Å². The van der Waals surface area contributed by atoms with Gasteiger partial charge in [0, 0.05) is 6.54 Å². The molecule has 0 aliphatic carbocycles. The summed E-state index contributed by atoms with van der Waals surface area (Å²) >= 11 is 0. The molecule has 2 aromatic heterocycles. The van der Waals surface area contributed by atoms with Crippen molar-refractivity contribution in [1.29, 1.82) is 0 Å². The fourth-order valence-corrected chi connectivity index (χ4v) is 4.57. The van der Waals surface area contributed by atoms with Crippen molar-refractivity contribution in [2.75, 3.05) is 6.61 Å². The van der Waals surface area contributed by atoms with Crippen molar-refractivity contribution in [3.05, 3.63) is 102 Å². The van der Waals surface area contributed by atoms with Crippen LogP contribution in [0.25, 0.3) is 0 Å². The summed E-state index contributed by atoms with van der Waals surface area (Å²) in [4.78, 5) is 15.0. The maximum absolute atomic E-state index is 13.3. The number of hydrogen-bond donors (Lipinski definition) is 0. The number of sulfone groups is 1. The number of rotatable bonds is 10. The van der Waals surface area contributed by atoms with Crippen LogP contribution in [0.4, 0.5) is 0 Å². The van der Waals surface area contributed by atoms with Gasteiger partial charge in [0.15, 0.2) is 5.76 Å². The third-order valence-corrected chi connectivity index (χ3v) is 6.74. The van der Waals surface area contributed by atoms with Gasteiger partial charge in [-0.05, 0) is 60.5 Å². The lowest BCUT2D eigenvalue weighted by molar-refractivity contribution is 0.0679. The fourth-order valence-electron chi connectivity index (χ4n) is 3.37. The molecule has 0 aliphatic heterocycles. The molecular weight excluding hydrogens is 454 g/mol. The van der Waals surface area contributed by atoms with Crippen LogP contribution >= 0.6 is 0 Å². The number of benzene rings is 2. The first kappa shape index (κ1) is 23.4. The van der Waals surface area contributed by atoms with Crippen molar-refractivity contribution >= 4 is 15.7 Å². The van der Waals surface area contributed by atoms with Crippen LogP contribution in [-0.2, 0) is 22.9 Å². The highest BCUT2D eigenvalue weighted by atomic mass is 32.2. The molecule has 0 unspecified atom stereocenters. The van der Waals surface area contributed by atoms with Gasteiger partial charge in [0.25, 0.3) is 5.91 Å². The van der Waals surface area contributed by atoms with E-state index < -0.39 is 15.7 Å². The van der Waals surface area contributed by atoms with E-state index in [4.69, 9.17) is 13.6 Å². The molecule has 0 aliphatic rings. The largest absolute Gasteiger partial charge is 0.494 e. The Balaban J connectivity index is 1.56. The fraction of sp³-hybridized carbons (Fsp3) is 0.192. The van der Waals surface area contributed by atoms with E-state index in [-0.39, 0.29) is 28.8 Å². The highest BCUT2D eigenvalue weighted by Gasteiger charge is 2.26. The Morgan fingerprint density at radius 2 is 1.68 bits per heavy atom. The van der Waals surface area contributed by atoms with E-state index in [1.807, 2.05) is 31.2 Å². The second-order valence-electron chi connectivity index (χ2n) is 7.67. The van der Waals surface area contributed by atoms with Crippen molar-refractivity contribution < 1.29 is 26.8 Å². The van der Waals surface area contributed by atoms with E-state index in [2.05, 4.69) is 0 Å². The monoisotopic (exact) mass is 479 g/mol. The highest BCUT2D eigenvalue weighted by molar-refractivity contribution is 7.91. The molecule has 4 rings (SSSR count). The number of carbonyl (C=O) groups excluding carboxylic acids is 1. The number of carbonyl (C=O) groups is 1. The van der Waals surface area contributed by atoms with Gasteiger partial charge in [0.1, 0.15) is 11.5 Å². The van der Waals surface area contributed by atoms with Crippen LogP contribution in [-0.4, -0.2) is 25.8 Å². The van der Waals surface area contributed by atoms with Crippen molar-refractivity contribution in [3.63, 3.8) is 0 Å². The first-order chi connectivity index (χ1) is 16.5. The highest BCUT2D eigenvalue weighted by Crippen LogP contribution is 2.24. The molecule has 0 fully saturated rings. The molecule has 0 spiro atoms. The van der Waals surface area contributed by atoms with Gasteiger partial charge in [0.05, 0.1) is 24.3 Å². The van der Waals surface area contributed by atoms with E-state index in [0.717, 1.165) is 17.7 Å². The molecule has 0 saturated carbocycles. The second-order valence-corrected chi connectivity index (χ2v) is 9.55. The Morgan fingerprint density at radius 3 is 2.35 bits per heavy atom. The molecule has 4 aromatic rings. The van der Waals surface area contributed by atoms with Crippen molar-refractivity contribution in [2.24, 2.45) is 0 Å². The summed E-state index contributed by atoms with van der Waals surface area (Å²) in [6, 6.07) is 21.7. The van der Waals surface area contributed by atoms with Crippen LogP contribution in [0.2, 0.25) is 0 Å². The SMILES string of the molecule is CCCOc1ccc(CN(Cc2ccco2)C(=O)c2ccc(S(=O)(=O)c3ccccc3)o2)cc1. The number of hydrogen-bond acceptors (Lipinski definition) is 6. The standard InChI is InChI=1S/C26H25NO6S/c1-2-16-31-21-12-10-20(11-13-21)18-27(19-22-7-6-17-32-22)26(28)24-14-15-25(33-24)34(29,30)23-8-4-3-5-9-23/h3-15,17H,2,16,18-19H2,1H3. The normalized spacial score (nSPS) is 11.3. The summed E-state index contributed by atoms with van der Waals surface area (Å²) in [7, 11) is -3.87. The molecule has 0 radical (unpaired) electrons. The molecule has 7 nitrogen and oxygen atoms in total. The summed E-state index contributed by atoms with van der Waals surface area (Å²) in [5.41, 5.74) is 0.882. The second kappa shape index (κ2) is 10.4. The summed E-state index contributed by atoms with van der Waals surface area (Å²) in [6.07, 6.45) is 2.45. The molecule has 0 bridgehead atoms. The predicted molar refractivity (Wildman–Crippen MR) is 125 cm³/mol. The first-order valence-corrected chi connectivity index (χ1v) is 12.4. The van der Waals surface area contributed by atoms with E-state index in [1.54, 1.807) is 35.2 Å². The minimum atomic E-state index is -3.87. The topological polar surface area (TPSA) is 90.0 Å². The minimum Gasteiger partial charge on any atom is -0.494 e. The van der Waals surface area contributed by atoms with Gasteiger partial charge in [-0.15, -0.1) is 0 Å². The van der Waals surface area contributed by atoms with Gasteiger partial charge >= 0.3 is 0 Å². The van der Waals surface area contributed by atoms with E-state index >= 15 is 0 Å². The Kier molecular flexibility index (Phi) is 7.18. The molecule has 0 saturated heterocycles. The molecule has 0 atom stereocenters. The van der Waals surface area contributed by atoms with Gasteiger partial charge in [-0.2, -0.15) is 0 Å². The maximum Gasteiger partial charge on any atom is 0.290 e. The van der Waals surface area contributed by atoms with E-state index in [1.165, 1.54) is 30.5 Å². The van der Waals surface area contributed by atoms with Gasteiger partial charge in [0.2, 0.25) is 14.9 Å². The number of nitrogens with zero attached hydrogens (tertiary/aromatic N) is 1. The zero-order valence-electron chi connectivity index (χ0n) is 18.7. The van der Waals surface area contributed by atoms with Crippen LogP contribution < -0.4 is 4.74 Å². The lowest BCUT2D eigenvalue weighted by atomic mass is 10.2. The number of amides is 1. The minimum absolute atomic E-state index is 0.0658. The Labute approximate surface area is 198 Å². The summed E-state index contributed by atoms with van der Waals surface area (Å²) in [5, 5.41) is -0.280. The van der Waals surface area contributed by atoms with Crippen molar-refractivity contribution in [1.82, 2.24) is 4.90 Å². The van der Waals surface area contributed by atoms with Crippen LogP contribution in [0.1, 0.15) is 35.2 Å². The van der Waals surface area contributed by atoms with E-state index in [9.17, 15) is 13.2 Å². The average molecular weight is 480 g/mol. The number of ether oxygens (including phenoxy) is 1. The first-order valence-electron chi connectivity index (χ1n) is 10.9.